The summed E-state index contributed by atoms with van der Waals surface area (Å²) in [5.41, 5.74) is 0. The highest BCUT2D eigenvalue weighted by Gasteiger charge is 2.32. The summed E-state index contributed by atoms with van der Waals surface area (Å²) in [6, 6.07) is 4.40. The van der Waals surface area contributed by atoms with Crippen molar-refractivity contribution in [3.05, 3.63) is 22.4 Å². The maximum Gasteiger partial charge on any atom is 0.239 e. The summed E-state index contributed by atoms with van der Waals surface area (Å²) in [7, 11) is 0. The Balaban J connectivity index is 1.31. The van der Waals surface area contributed by atoms with Crippen LogP contribution >= 0.6 is 23.1 Å². The second-order valence-corrected chi connectivity index (χ2v) is 9.61. The molecule has 0 atom stereocenters. The number of thioether (sulfide) groups is 1. The minimum absolute atomic E-state index is 0.0538. The van der Waals surface area contributed by atoms with Crippen LogP contribution in [0.4, 0.5) is 5.95 Å². The molecule has 8 nitrogen and oxygen atoms in total. The lowest BCUT2D eigenvalue weighted by Crippen LogP contribution is -2.41. The first kappa shape index (κ1) is 21.2. The molecule has 2 amide bonds. The average molecular weight is 449 g/mol. The van der Waals surface area contributed by atoms with Gasteiger partial charge in [-0.1, -0.05) is 17.8 Å². The Bertz CT molecular complexity index is 859. The molecule has 1 saturated heterocycles. The normalized spacial score (nSPS) is 16.1. The summed E-state index contributed by atoms with van der Waals surface area (Å²) >= 11 is 3.03. The van der Waals surface area contributed by atoms with Gasteiger partial charge < -0.3 is 15.1 Å². The SMILES string of the molecule is CCN(CC(=O)NCc1cccs1)C(=O)CSc1nnc(N2CCCC2)n1C1CC1. The highest BCUT2D eigenvalue weighted by Crippen LogP contribution is 2.41. The molecule has 1 aliphatic carbocycles. The molecular weight excluding hydrogens is 420 g/mol. The summed E-state index contributed by atoms with van der Waals surface area (Å²) in [5, 5.41) is 14.5. The lowest BCUT2D eigenvalue weighted by atomic mass is 10.4. The van der Waals surface area contributed by atoms with E-state index in [0.717, 1.165) is 41.9 Å². The van der Waals surface area contributed by atoms with Gasteiger partial charge in [0.25, 0.3) is 0 Å². The highest BCUT2D eigenvalue weighted by molar-refractivity contribution is 7.99. The van der Waals surface area contributed by atoms with Crippen LogP contribution in [-0.4, -0.2) is 63.4 Å². The van der Waals surface area contributed by atoms with Crippen molar-refractivity contribution in [3.8, 4) is 0 Å². The predicted molar refractivity (Wildman–Crippen MR) is 119 cm³/mol. The lowest BCUT2D eigenvalue weighted by Gasteiger charge is -2.20. The van der Waals surface area contributed by atoms with Gasteiger partial charge in [-0.05, 0) is 44.1 Å². The zero-order chi connectivity index (χ0) is 20.9. The topological polar surface area (TPSA) is 83.4 Å². The third-order valence-electron chi connectivity index (χ3n) is 5.38. The van der Waals surface area contributed by atoms with E-state index in [0.29, 0.717) is 19.1 Å². The number of aromatic nitrogens is 3. The van der Waals surface area contributed by atoms with Crippen LogP contribution in [-0.2, 0) is 16.1 Å². The smallest absolute Gasteiger partial charge is 0.239 e. The number of anilines is 1. The summed E-state index contributed by atoms with van der Waals surface area (Å²) in [6.07, 6.45) is 4.68. The Kier molecular flexibility index (Phi) is 6.93. The number of nitrogens with zero attached hydrogens (tertiary/aromatic N) is 5. The molecule has 0 bridgehead atoms. The van der Waals surface area contributed by atoms with Gasteiger partial charge in [-0.3, -0.25) is 14.2 Å². The molecule has 0 radical (unpaired) electrons. The maximum absolute atomic E-state index is 12.7. The van der Waals surface area contributed by atoms with Crippen LogP contribution in [0.2, 0.25) is 0 Å². The summed E-state index contributed by atoms with van der Waals surface area (Å²) in [4.78, 5) is 30.0. The first-order chi connectivity index (χ1) is 14.7. The average Bonchev–Trinajstić information content (AvgIpc) is 3.19. The van der Waals surface area contributed by atoms with Crippen LogP contribution in [0.3, 0.4) is 0 Å². The summed E-state index contributed by atoms with van der Waals surface area (Å²) in [5.74, 6) is 1.02. The Labute approximate surface area is 185 Å². The van der Waals surface area contributed by atoms with E-state index in [9.17, 15) is 9.59 Å². The number of carbonyl (C=O) groups excluding carboxylic acids is 2. The molecule has 0 unspecified atom stereocenters. The first-order valence-electron chi connectivity index (χ1n) is 10.5. The fraction of sp³-hybridized carbons (Fsp3) is 0.600. The number of likely N-dealkylation sites (N-methyl/N-ethyl adjacent to an activating group) is 1. The van der Waals surface area contributed by atoms with Crippen molar-refractivity contribution in [2.45, 2.75) is 50.4 Å². The van der Waals surface area contributed by atoms with E-state index in [1.165, 1.54) is 24.6 Å². The van der Waals surface area contributed by atoms with Crippen LogP contribution in [0.5, 0.6) is 0 Å². The standard InChI is InChI=1S/C20H28N6O2S2/c1-2-24(13-17(27)21-12-16-6-5-11-29-16)18(28)14-30-20-23-22-19(25-9-3-4-10-25)26(20)15-7-8-15/h5-6,11,15H,2-4,7-10,12-14H2,1H3,(H,21,27). The number of carbonyl (C=O) groups is 2. The van der Waals surface area contributed by atoms with E-state index >= 15 is 0 Å². The van der Waals surface area contributed by atoms with Crippen molar-refractivity contribution in [2.24, 2.45) is 0 Å². The second kappa shape index (κ2) is 9.82. The number of hydrogen-bond acceptors (Lipinski definition) is 7. The minimum Gasteiger partial charge on any atom is -0.350 e. The molecule has 2 aromatic heterocycles. The van der Waals surface area contributed by atoms with Gasteiger partial charge in [0.05, 0.1) is 18.8 Å². The molecule has 30 heavy (non-hydrogen) atoms. The zero-order valence-electron chi connectivity index (χ0n) is 17.2. The van der Waals surface area contributed by atoms with Crippen molar-refractivity contribution in [3.63, 3.8) is 0 Å². The number of nitrogens with one attached hydrogen (secondary N) is 1. The first-order valence-corrected chi connectivity index (χ1v) is 12.4. The van der Waals surface area contributed by atoms with Gasteiger partial charge in [0.2, 0.25) is 17.8 Å². The molecule has 4 rings (SSSR count). The quantitative estimate of drug-likeness (QED) is 0.563. The third kappa shape index (κ3) is 5.15. The second-order valence-electron chi connectivity index (χ2n) is 7.63. The van der Waals surface area contributed by atoms with E-state index < -0.39 is 0 Å². The Morgan fingerprint density at radius 1 is 1.30 bits per heavy atom. The zero-order valence-corrected chi connectivity index (χ0v) is 18.9. The number of rotatable bonds is 10. The van der Waals surface area contributed by atoms with Gasteiger partial charge in [-0.25, -0.2) is 0 Å². The molecule has 2 aliphatic rings. The highest BCUT2D eigenvalue weighted by atomic mass is 32.2. The fourth-order valence-electron chi connectivity index (χ4n) is 3.57. The van der Waals surface area contributed by atoms with Crippen molar-refractivity contribution >= 4 is 40.9 Å². The number of amides is 2. The molecule has 2 aromatic rings. The van der Waals surface area contributed by atoms with Gasteiger partial charge >= 0.3 is 0 Å². The van der Waals surface area contributed by atoms with E-state index in [-0.39, 0.29) is 24.1 Å². The van der Waals surface area contributed by atoms with Crippen molar-refractivity contribution in [1.82, 2.24) is 25.0 Å². The van der Waals surface area contributed by atoms with Crippen LogP contribution in [0.15, 0.2) is 22.7 Å². The van der Waals surface area contributed by atoms with E-state index in [4.69, 9.17) is 0 Å². The van der Waals surface area contributed by atoms with Crippen molar-refractivity contribution in [1.29, 1.82) is 0 Å². The molecular formula is C20H28N6O2S2. The molecule has 1 N–H and O–H groups in total. The Hall–Kier alpha value is -2.07. The van der Waals surface area contributed by atoms with Gasteiger partial charge in [-0.15, -0.1) is 21.5 Å². The molecule has 2 fully saturated rings. The molecule has 10 heteroatoms. The van der Waals surface area contributed by atoms with Gasteiger partial charge in [0, 0.05) is 30.6 Å². The molecule has 1 saturated carbocycles. The minimum atomic E-state index is -0.138. The molecule has 0 aromatic carbocycles. The van der Waals surface area contributed by atoms with Gasteiger partial charge in [0.15, 0.2) is 5.16 Å². The number of thiophene rings is 1. The summed E-state index contributed by atoms with van der Waals surface area (Å²) < 4.78 is 2.22. The Morgan fingerprint density at radius 2 is 2.10 bits per heavy atom. The Morgan fingerprint density at radius 3 is 2.77 bits per heavy atom. The summed E-state index contributed by atoms with van der Waals surface area (Å²) in [6.45, 7) is 5.03. The van der Waals surface area contributed by atoms with E-state index in [2.05, 4.69) is 25.0 Å². The third-order valence-corrected chi connectivity index (χ3v) is 7.19. The predicted octanol–water partition coefficient (Wildman–Crippen LogP) is 2.53. The van der Waals surface area contributed by atoms with Crippen molar-refractivity contribution in [2.75, 3.05) is 36.8 Å². The monoisotopic (exact) mass is 448 g/mol. The fourth-order valence-corrected chi connectivity index (χ4v) is 5.12. The maximum atomic E-state index is 12.7. The van der Waals surface area contributed by atoms with Crippen LogP contribution in [0, 0.1) is 0 Å². The molecule has 1 aliphatic heterocycles. The van der Waals surface area contributed by atoms with Crippen LogP contribution in [0.25, 0.3) is 0 Å². The van der Waals surface area contributed by atoms with Gasteiger partial charge in [-0.2, -0.15) is 0 Å². The van der Waals surface area contributed by atoms with E-state index in [1.807, 2.05) is 24.4 Å². The molecule has 162 valence electrons. The molecule has 3 heterocycles. The van der Waals surface area contributed by atoms with Crippen molar-refractivity contribution < 1.29 is 9.59 Å². The van der Waals surface area contributed by atoms with Gasteiger partial charge in [0.1, 0.15) is 0 Å². The van der Waals surface area contributed by atoms with E-state index in [1.54, 1.807) is 16.2 Å². The largest absolute Gasteiger partial charge is 0.350 e. The van der Waals surface area contributed by atoms with Crippen LogP contribution in [0.1, 0.15) is 43.5 Å². The lowest BCUT2D eigenvalue weighted by molar-refractivity contribution is -0.133. The number of hydrogen-bond donors (Lipinski definition) is 1. The van der Waals surface area contributed by atoms with Crippen LogP contribution < -0.4 is 10.2 Å². The molecule has 0 spiro atoms.